The van der Waals surface area contributed by atoms with Gasteiger partial charge in [-0.1, -0.05) is 32.8 Å². The van der Waals surface area contributed by atoms with Crippen molar-refractivity contribution in [3.8, 4) is 0 Å². The smallest absolute Gasteiger partial charge is 0.315 e. The second-order valence-electron chi connectivity index (χ2n) is 7.09. The summed E-state index contributed by atoms with van der Waals surface area (Å²) in [6.07, 6.45) is 5.83. The van der Waals surface area contributed by atoms with E-state index in [2.05, 4.69) is 29.5 Å². The second kappa shape index (κ2) is 9.39. The molecule has 2 rings (SSSR count). The number of aromatic nitrogens is 1. The molecule has 0 aliphatic heterocycles. The van der Waals surface area contributed by atoms with Crippen molar-refractivity contribution in [3.05, 3.63) is 30.1 Å². The summed E-state index contributed by atoms with van der Waals surface area (Å²) in [7, 11) is 1.75. The van der Waals surface area contributed by atoms with E-state index in [9.17, 15) is 9.59 Å². The quantitative estimate of drug-likeness (QED) is 0.829. The number of hydrogen-bond acceptors (Lipinski definition) is 3. The molecule has 0 bridgehead atoms. The van der Waals surface area contributed by atoms with Crippen molar-refractivity contribution in [2.75, 3.05) is 20.1 Å². The van der Waals surface area contributed by atoms with Gasteiger partial charge in [-0.05, 0) is 30.4 Å². The van der Waals surface area contributed by atoms with Gasteiger partial charge < -0.3 is 15.5 Å². The molecule has 138 valence electrons. The second-order valence-corrected chi connectivity index (χ2v) is 7.09. The molecule has 0 radical (unpaired) electrons. The van der Waals surface area contributed by atoms with Crippen LogP contribution >= 0.6 is 0 Å². The zero-order chi connectivity index (χ0) is 18.2. The molecule has 0 saturated heterocycles. The number of nitrogens with one attached hydrogen (secondary N) is 2. The van der Waals surface area contributed by atoms with Crippen LogP contribution in [0, 0.1) is 11.8 Å². The Morgan fingerprint density at radius 2 is 2.08 bits per heavy atom. The van der Waals surface area contributed by atoms with Crippen LogP contribution in [0.1, 0.15) is 38.8 Å². The third kappa shape index (κ3) is 6.03. The predicted molar refractivity (Wildman–Crippen MR) is 98.1 cm³/mol. The van der Waals surface area contributed by atoms with Crippen LogP contribution in [-0.4, -0.2) is 48.0 Å². The summed E-state index contributed by atoms with van der Waals surface area (Å²) in [5.74, 6) is 0.991. The molecule has 1 aromatic rings. The Hall–Kier alpha value is -2.11. The maximum atomic E-state index is 12.1. The van der Waals surface area contributed by atoms with Crippen LogP contribution in [0.25, 0.3) is 0 Å². The van der Waals surface area contributed by atoms with Gasteiger partial charge in [0.25, 0.3) is 0 Å². The monoisotopic (exact) mass is 346 g/mol. The number of amides is 3. The fourth-order valence-electron chi connectivity index (χ4n) is 3.25. The molecule has 1 heterocycles. The first-order chi connectivity index (χ1) is 12.0. The molecule has 3 amide bonds. The molecule has 1 fully saturated rings. The van der Waals surface area contributed by atoms with E-state index < -0.39 is 0 Å². The van der Waals surface area contributed by atoms with Crippen molar-refractivity contribution in [1.82, 2.24) is 20.5 Å². The average molecular weight is 346 g/mol. The Morgan fingerprint density at radius 1 is 1.28 bits per heavy atom. The first-order valence-electron chi connectivity index (χ1n) is 9.15. The minimum atomic E-state index is -0.252. The summed E-state index contributed by atoms with van der Waals surface area (Å²) in [6, 6.07) is 5.69. The number of pyridine rings is 1. The molecular weight excluding hydrogens is 316 g/mol. The van der Waals surface area contributed by atoms with Crippen LogP contribution in [0.15, 0.2) is 24.4 Å². The minimum Gasteiger partial charge on any atom is -0.344 e. The summed E-state index contributed by atoms with van der Waals surface area (Å²) in [4.78, 5) is 30.1. The van der Waals surface area contributed by atoms with Gasteiger partial charge in [-0.15, -0.1) is 0 Å². The molecule has 0 spiro atoms. The maximum Gasteiger partial charge on any atom is 0.315 e. The van der Waals surface area contributed by atoms with E-state index in [1.54, 1.807) is 18.1 Å². The number of carbonyl (C=O) groups excluding carboxylic acids is 2. The number of hydrogen-bond donors (Lipinski definition) is 2. The fraction of sp³-hybridized carbons (Fsp3) is 0.632. The highest BCUT2D eigenvalue weighted by Gasteiger charge is 2.28. The molecule has 0 aromatic carbocycles. The van der Waals surface area contributed by atoms with Gasteiger partial charge in [0.15, 0.2) is 0 Å². The lowest BCUT2D eigenvalue weighted by atomic mass is 9.78. The summed E-state index contributed by atoms with van der Waals surface area (Å²) < 4.78 is 0. The van der Waals surface area contributed by atoms with Gasteiger partial charge in [0.05, 0.1) is 6.54 Å². The minimum absolute atomic E-state index is 0.0151. The third-order valence-electron chi connectivity index (χ3n) is 5.28. The first kappa shape index (κ1) is 19.2. The lowest BCUT2D eigenvalue weighted by Crippen LogP contribution is -2.49. The topological polar surface area (TPSA) is 74.3 Å². The maximum absolute atomic E-state index is 12.1. The Labute approximate surface area is 150 Å². The zero-order valence-corrected chi connectivity index (χ0v) is 15.5. The van der Waals surface area contributed by atoms with Crippen molar-refractivity contribution >= 4 is 11.9 Å². The molecule has 1 saturated carbocycles. The van der Waals surface area contributed by atoms with Crippen molar-refractivity contribution < 1.29 is 9.59 Å². The number of urea groups is 1. The van der Waals surface area contributed by atoms with Gasteiger partial charge in [0, 0.05) is 37.9 Å². The Morgan fingerprint density at radius 3 is 2.80 bits per heavy atom. The number of nitrogens with zero attached hydrogens (tertiary/aromatic N) is 2. The lowest BCUT2D eigenvalue weighted by Gasteiger charge is -2.34. The molecule has 1 aromatic heterocycles. The Balaban J connectivity index is 1.68. The number of rotatable bonds is 6. The van der Waals surface area contributed by atoms with Crippen LogP contribution in [-0.2, 0) is 11.2 Å². The van der Waals surface area contributed by atoms with Crippen molar-refractivity contribution in [3.63, 3.8) is 0 Å². The van der Waals surface area contributed by atoms with Gasteiger partial charge in [-0.3, -0.25) is 9.78 Å². The van der Waals surface area contributed by atoms with Crippen molar-refractivity contribution in [1.29, 1.82) is 0 Å². The number of carbonyl (C=O) groups is 2. The normalized spacial score (nSPS) is 22.9. The molecule has 0 unspecified atom stereocenters. The van der Waals surface area contributed by atoms with E-state index in [0.717, 1.165) is 18.5 Å². The van der Waals surface area contributed by atoms with Gasteiger partial charge in [0.2, 0.25) is 5.91 Å². The number of likely N-dealkylation sites (N-methyl/N-ethyl adjacent to an activating group) is 1. The zero-order valence-electron chi connectivity index (χ0n) is 15.5. The summed E-state index contributed by atoms with van der Waals surface area (Å²) in [5.41, 5.74) is 0.952. The largest absolute Gasteiger partial charge is 0.344 e. The van der Waals surface area contributed by atoms with Crippen LogP contribution in [0.4, 0.5) is 4.79 Å². The van der Waals surface area contributed by atoms with E-state index in [-0.39, 0.29) is 24.5 Å². The highest BCUT2D eigenvalue weighted by atomic mass is 16.2. The van der Waals surface area contributed by atoms with E-state index in [4.69, 9.17) is 0 Å². The van der Waals surface area contributed by atoms with Gasteiger partial charge in [0.1, 0.15) is 0 Å². The van der Waals surface area contributed by atoms with Crippen molar-refractivity contribution in [2.24, 2.45) is 11.8 Å². The SMILES string of the molecule is C[C@H]1[C@H](C)CCC[C@H]1NC(=O)NCC(=O)N(C)CCc1ccccn1. The first-order valence-corrected chi connectivity index (χ1v) is 9.15. The average Bonchev–Trinajstić information content (AvgIpc) is 2.62. The van der Waals surface area contributed by atoms with Gasteiger partial charge in [-0.25, -0.2) is 4.79 Å². The Kier molecular flexibility index (Phi) is 7.22. The molecule has 3 atom stereocenters. The highest BCUT2D eigenvalue weighted by Crippen LogP contribution is 2.29. The molecule has 6 nitrogen and oxygen atoms in total. The van der Waals surface area contributed by atoms with Crippen LogP contribution in [0.2, 0.25) is 0 Å². The summed E-state index contributed by atoms with van der Waals surface area (Å²) in [5, 5.41) is 5.71. The molecule has 1 aliphatic rings. The fourth-order valence-corrected chi connectivity index (χ4v) is 3.25. The van der Waals surface area contributed by atoms with E-state index in [1.807, 2.05) is 18.2 Å². The van der Waals surface area contributed by atoms with E-state index in [0.29, 0.717) is 24.8 Å². The van der Waals surface area contributed by atoms with Crippen molar-refractivity contribution in [2.45, 2.75) is 45.6 Å². The predicted octanol–water partition coefficient (Wildman–Crippen LogP) is 2.21. The lowest BCUT2D eigenvalue weighted by molar-refractivity contribution is -0.128. The van der Waals surface area contributed by atoms with E-state index in [1.165, 1.54) is 6.42 Å². The highest BCUT2D eigenvalue weighted by molar-refractivity contribution is 5.83. The summed E-state index contributed by atoms with van der Waals surface area (Å²) in [6.45, 7) is 5.01. The van der Waals surface area contributed by atoms with E-state index >= 15 is 0 Å². The third-order valence-corrected chi connectivity index (χ3v) is 5.28. The van der Waals surface area contributed by atoms with Gasteiger partial charge >= 0.3 is 6.03 Å². The molecular formula is C19H30N4O2. The molecule has 1 aliphatic carbocycles. The molecule has 2 N–H and O–H groups in total. The standard InChI is InChI=1S/C19H30N4O2/c1-14-7-6-9-17(15(14)2)22-19(25)21-13-18(24)23(3)12-10-16-8-4-5-11-20-16/h4-5,8,11,14-15,17H,6-7,9-10,12-13H2,1-3H3,(H2,21,22,25)/t14-,15+,17-/m1/s1. The van der Waals surface area contributed by atoms with Crippen LogP contribution < -0.4 is 10.6 Å². The van der Waals surface area contributed by atoms with Crippen LogP contribution in [0.3, 0.4) is 0 Å². The molecule has 25 heavy (non-hydrogen) atoms. The van der Waals surface area contributed by atoms with Gasteiger partial charge in [-0.2, -0.15) is 0 Å². The van der Waals surface area contributed by atoms with Crippen LogP contribution in [0.5, 0.6) is 0 Å². The summed E-state index contributed by atoms with van der Waals surface area (Å²) >= 11 is 0. The Bertz CT molecular complexity index is 564. The molecule has 6 heteroatoms.